The second-order valence-electron chi connectivity index (χ2n) is 4.74. The zero-order chi connectivity index (χ0) is 15.5. The number of carbonyl (C=O) groups excluding carboxylic acids is 2. The topological polar surface area (TPSA) is 55.4 Å². The quantitative estimate of drug-likeness (QED) is 0.563. The van der Waals surface area contributed by atoms with Gasteiger partial charge in [-0.15, -0.1) is 11.8 Å². The lowest BCUT2D eigenvalue weighted by molar-refractivity contribution is -0.143. The van der Waals surface area contributed by atoms with Crippen LogP contribution in [0, 0.1) is 6.92 Å². The molecule has 116 valence electrons. The molecule has 0 saturated carbocycles. The van der Waals surface area contributed by atoms with Crippen LogP contribution < -0.4 is 5.32 Å². The molecule has 0 spiro atoms. The molecule has 0 aliphatic rings. The van der Waals surface area contributed by atoms with Gasteiger partial charge in [-0.3, -0.25) is 9.59 Å². The summed E-state index contributed by atoms with van der Waals surface area (Å²) in [5, 5.41) is 2.81. The van der Waals surface area contributed by atoms with Crippen LogP contribution in [-0.4, -0.2) is 30.8 Å². The first-order valence-electron chi connectivity index (χ1n) is 7.17. The Labute approximate surface area is 130 Å². The van der Waals surface area contributed by atoms with Crippen molar-refractivity contribution in [2.75, 3.05) is 18.9 Å². The lowest BCUT2D eigenvalue weighted by Gasteiger charge is -2.06. The zero-order valence-electron chi connectivity index (χ0n) is 12.7. The van der Waals surface area contributed by atoms with Crippen LogP contribution in [0.4, 0.5) is 0 Å². The number of nitrogens with one attached hydrogen (secondary N) is 1. The maximum Gasteiger partial charge on any atom is 0.305 e. The molecule has 0 heterocycles. The number of amides is 1. The van der Waals surface area contributed by atoms with Gasteiger partial charge in [0.2, 0.25) is 5.91 Å². The van der Waals surface area contributed by atoms with Gasteiger partial charge in [0.15, 0.2) is 0 Å². The molecular weight excluding hydrogens is 286 g/mol. The minimum atomic E-state index is -0.208. The third-order valence-electron chi connectivity index (χ3n) is 2.77. The number of aryl methyl sites for hydroxylation is 1. The van der Waals surface area contributed by atoms with E-state index in [9.17, 15) is 9.59 Å². The van der Waals surface area contributed by atoms with Gasteiger partial charge < -0.3 is 10.1 Å². The number of rotatable bonds is 9. The Morgan fingerprint density at radius 3 is 2.86 bits per heavy atom. The Morgan fingerprint density at radius 2 is 2.14 bits per heavy atom. The zero-order valence-corrected chi connectivity index (χ0v) is 13.5. The minimum Gasteiger partial charge on any atom is -0.466 e. The molecule has 0 unspecified atom stereocenters. The average molecular weight is 309 g/mol. The van der Waals surface area contributed by atoms with Crippen LogP contribution in [0.15, 0.2) is 24.3 Å². The van der Waals surface area contributed by atoms with E-state index < -0.39 is 0 Å². The summed E-state index contributed by atoms with van der Waals surface area (Å²) >= 11 is 1.59. The molecule has 0 atom stereocenters. The molecule has 1 N–H and O–H groups in total. The molecule has 4 nitrogen and oxygen atoms in total. The molecule has 5 heteroatoms. The molecular formula is C16H23NO3S. The van der Waals surface area contributed by atoms with Crippen LogP contribution in [0.1, 0.15) is 30.9 Å². The van der Waals surface area contributed by atoms with E-state index in [1.54, 1.807) is 18.7 Å². The predicted octanol–water partition coefficient (Wildman–Crippen LogP) is 2.69. The number of hydrogen-bond donors (Lipinski definition) is 1. The maximum atomic E-state index is 11.6. The van der Waals surface area contributed by atoms with Crippen LogP contribution >= 0.6 is 11.8 Å². The molecule has 0 bridgehead atoms. The van der Waals surface area contributed by atoms with Crippen molar-refractivity contribution in [3.8, 4) is 0 Å². The summed E-state index contributed by atoms with van der Waals surface area (Å²) in [4.78, 5) is 22.7. The highest BCUT2D eigenvalue weighted by Crippen LogP contribution is 2.13. The van der Waals surface area contributed by atoms with E-state index in [2.05, 4.69) is 30.4 Å². The first-order valence-corrected chi connectivity index (χ1v) is 8.33. The van der Waals surface area contributed by atoms with Crippen molar-refractivity contribution >= 4 is 23.6 Å². The van der Waals surface area contributed by atoms with Crippen molar-refractivity contribution in [2.24, 2.45) is 0 Å². The standard InChI is InChI=1S/C16H23NO3S/c1-3-20-16(19)8-5-9-17-15(18)12-21-11-14-7-4-6-13(2)10-14/h4,6-7,10H,3,5,8-9,11-12H2,1-2H3,(H,17,18). The number of esters is 1. The van der Waals surface area contributed by atoms with Crippen molar-refractivity contribution < 1.29 is 14.3 Å². The van der Waals surface area contributed by atoms with Crippen molar-refractivity contribution in [1.82, 2.24) is 5.32 Å². The van der Waals surface area contributed by atoms with E-state index in [1.165, 1.54) is 11.1 Å². The highest BCUT2D eigenvalue weighted by Gasteiger charge is 2.04. The Kier molecular flexibility index (Phi) is 8.59. The molecule has 0 aromatic heterocycles. The molecule has 1 aromatic rings. The first-order chi connectivity index (χ1) is 10.1. The van der Waals surface area contributed by atoms with Crippen molar-refractivity contribution in [1.29, 1.82) is 0 Å². The van der Waals surface area contributed by atoms with Crippen LogP contribution in [-0.2, 0) is 20.1 Å². The summed E-state index contributed by atoms with van der Waals surface area (Å²) in [6.45, 7) is 4.76. The van der Waals surface area contributed by atoms with Gasteiger partial charge in [0.1, 0.15) is 0 Å². The Morgan fingerprint density at radius 1 is 1.33 bits per heavy atom. The monoisotopic (exact) mass is 309 g/mol. The summed E-state index contributed by atoms with van der Waals surface area (Å²) in [5.41, 5.74) is 2.46. The van der Waals surface area contributed by atoms with Crippen LogP contribution in [0.3, 0.4) is 0 Å². The van der Waals surface area contributed by atoms with E-state index in [0.29, 0.717) is 31.7 Å². The fraction of sp³-hybridized carbons (Fsp3) is 0.500. The summed E-state index contributed by atoms with van der Waals surface area (Å²) in [6.07, 6.45) is 0.970. The maximum absolute atomic E-state index is 11.6. The fourth-order valence-corrected chi connectivity index (χ4v) is 2.61. The van der Waals surface area contributed by atoms with Crippen molar-refractivity contribution in [3.05, 3.63) is 35.4 Å². The SMILES string of the molecule is CCOC(=O)CCCNC(=O)CSCc1cccc(C)c1. The van der Waals surface area contributed by atoms with Gasteiger partial charge in [-0.2, -0.15) is 0 Å². The smallest absolute Gasteiger partial charge is 0.305 e. The Bertz CT molecular complexity index is 463. The molecule has 21 heavy (non-hydrogen) atoms. The van der Waals surface area contributed by atoms with Gasteiger partial charge in [-0.1, -0.05) is 29.8 Å². The highest BCUT2D eigenvalue weighted by molar-refractivity contribution is 7.99. The van der Waals surface area contributed by atoms with Crippen molar-refractivity contribution in [3.63, 3.8) is 0 Å². The number of hydrogen-bond acceptors (Lipinski definition) is 4. The predicted molar refractivity (Wildman–Crippen MR) is 86.2 cm³/mol. The van der Waals surface area contributed by atoms with Gasteiger partial charge >= 0.3 is 5.97 Å². The third kappa shape index (κ3) is 8.40. The molecule has 1 aromatic carbocycles. The fourth-order valence-electron chi connectivity index (χ4n) is 1.81. The van der Waals surface area contributed by atoms with Crippen molar-refractivity contribution in [2.45, 2.75) is 32.4 Å². The van der Waals surface area contributed by atoms with E-state index >= 15 is 0 Å². The minimum absolute atomic E-state index is 0.0107. The highest BCUT2D eigenvalue weighted by atomic mass is 32.2. The summed E-state index contributed by atoms with van der Waals surface area (Å²) in [6, 6.07) is 8.28. The largest absolute Gasteiger partial charge is 0.466 e. The summed E-state index contributed by atoms with van der Waals surface area (Å²) in [7, 11) is 0. The normalized spacial score (nSPS) is 10.2. The number of ether oxygens (including phenoxy) is 1. The molecule has 1 rings (SSSR count). The van der Waals surface area contributed by atoms with E-state index in [-0.39, 0.29) is 11.9 Å². The lowest BCUT2D eigenvalue weighted by atomic mass is 10.2. The number of benzene rings is 1. The van der Waals surface area contributed by atoms with Gasteiger partial charge in [0, 0.05) is 18.7 Å². The summed E-state index contributed by atoms with van der Waals surface area (Å²) in [5.74, 6) is 1.07. The van der Waals surface area contributed by atoms with Crippen LogP contribution in [0.25, 0.3) is 0 Å². The average Bonchev–Trinajstić information content (AvgIpc) is 2.44. The molecule has 1 amide bonds. The van der Waals surface area contributed by atoms with Gasteiger partial charge in [-0.05, 0) is 25.8 Å². The molecule has 0 aliphatic carbocycles. The van der Waals surface area contributed by atoms with Crippen LogP contribution in [0.2, 0.25) is 0 Å². The molecule has 0 radical (unpaired) electrons. The third-order valence-corrected chi connectivity index (χ3v) is 3.77. The van der Waals surface area contributed by atoms with E-state index in [4.69, 9.17) is 4.74 Å². The first kappa shape index (κ1) is 17.6. The second-order valence-corrected chi connectivity index (χ2v) is 5.73. The van der Waals surface area contributed by atoms with Gasteiger partial charge in [0.05, 0.1) is 12.4 Å². The van der Waals surface area contributed by atoms with E-state index in [1.807, 2.05) is 6.07 Å². The number of carbonyl (C=O) groups is 2. The van der Waals surface area contributed by atoms with E-state index in [0.717, 1.165) is 5.75 Å². The summed E-state index contributed by atoms with van der Waals surface area (Å²) < 4.78 is 4.82. The lowest BCUT2D eigenvalue weighted by Crippen LogP contribution is -2.26. The van der Waals surface area contributed by atoms with Gasteiger partial charge in [0.25, 0.3) is 0 Å². The second kappa shape index (κ2) is 10.3. The Hall–Kier alpha value is -1.49. The van der Waals surface area contributed by atoms with Crippen LogP contribution in [0.5, 0.6) is 0 Å². The molecule has 0 aliphatic heterocycles. The Balaban J connectivity index is 2.07. The number of thioether (sulfide) groups is 1. The van der Waals surface area contributed by atoms with Gasteiger partial charge in [-0.25, -0.2) is 0 Å². The molecule has 0 saturated heterocycles. The molecule has 0 fully saturated rings.